The number of carbonyl (C=O) groups excluding carboxylic acids is 1. The van der Waals surface area contributed by atoms with E-state index in [1.807, 2.05) is 57.1 Å². The number of nitrogens with one attached hydrogen (secondary N) is 2. The van der Waals surface area contributed by atoms with Gasteiger partial charge in [0.2, 0.25) is 0 Å². The molecule has 0 radical (unpaired) electrons. The topological polar surface area (TPSA) is 88.2 Å². The molecule has 0 bridgehead atoms. The molecule has 0 unspecified atom stereocenters. The average molecular weight is 368 g/mol. The number of hydrogen-bond acceptors (Lipinski definition) is 5. The van der Waals surface area contributed by atoms with Crippen molar-refractivity contribution in [2.24, 2.45) is 0 Å². The van der Waals surface area contributed by atoms with Crippen molar-refractivity contribution in [3.8, 4) is 5.82 Å². The van der Waals surface area contributed by atoms with Crippen LogP contribution in [0.25, 0.3) is 5.82 Å². The van der Waals surface area contributed by atoms with Crippen LogP contribution in [-0.4, -0.2) is 46.3 Å². The molecule has 0 saturated heterocycles. The van der Waals surface area contributed by atoms with Gasteiger partial charge in [-0.2, -0.15) is 5.10 Å². The lowest BCUT2D eigenvalue weighted by molar-refractivity contribution is 0.233. The Labute approximate surface area is 158 Å². The van der Waals surface area contributed by atoms with Crippen LogP contribution in [0.4, 0.5) is 10.5 Å². The Morgan fingerprint density at radius 2 is 2.11 bits per heavy atom. The first kappa shape index (κ1) is 18.7. The minimum Gasteiger partial charge on any atom is -0.468 e. The molecule has 3 heterocycles. The van der Waals surface area contributed by atoms with Crippen LogP contribution in [0.1, 0.15) is 23.2 Å². The van der Waals surface area contributed by atoms with Crippen molar-refractivity contribution in [2.45, 2.75) is 19.9 Å². The van der Waals surface area contributed by atoms with Crippen molar-refractivity contribution in [1.82, 2.24) is 25.0 Å². The van der Waals surface area contributed by atoms with Crippen molar-refractivity contribution in [3.05, 3.63) is 59.9 Å². The van der Waals surface area contributed by atoms with E-state index in [0.717, 1.165) is 17.1 Å². The summed E-state index contributed by atoms with van der Waals surface area (Å²) < 4.78 is 7.21. The number of furan rings is 1. The number of nitrogens with zero attached hydrogens (tertiary/aromatic N) is 4. The second kappa shape index (κ2) is 8.05. The molecule has 27 heavy (non-hydrogen) atoms. The molecule has 0 aliphatic heterocycles. The summed E-state index contributed by atoms with van der Waals surface area (Å²) in [6.07, 6.45) is 3.24. The highest BCUT2D eigenvalue weighted by Crippen LogP contribution is 2.17. The molecule has 1 atom stereocenters. The van der Waals surface area contributed by atoms with Crippen LogP contribution in [-0.2, 0) is 0 Å². The van der Waals surface area contributed by atoms with E-state index in [4.69, 9.17) is 4.42 Å². The van der Waals surface area contributed by atoms with Crippen molar-refractivity contribution in [2.75, 3.05) is 26.0 Å². The zero-order chi connectivity index (χ0) is 19.4. The number of pyridine rings is 1. The maximum atomic E-state index is 12.2. The standard InChI is InChI=1S/C19H24N6O2/c1-13-10-14(2)25(23-13)18-8-7-15(11-20-18)22-19(26)21-12-16(24(3)4)17-6-5-9-27-17/h5-11,16H,12H2,1-4H3,(H2,21,22,26)/t16-/m0/s1. The van der Waals surface area contributed by atoms with E-state index in [2.05, 4.69) is 20.7 Å². The summed E-state index contributed by atoms with van der Waals surface area (Å²) in [4.78, 5) is 18.6. The summed E-state index contributed by atoms with van der Waals surface area (Å²) in [5.74, 6) is 1.51. The van der Waals surface area contributed by atoms with Crippen molar-refractivity contribution < 1.29 is 9.21 Å². The quantitative estimate of drug-likeness (QED) is 0.698. The first-order valence-electron chi connectivity index (χ1n) is 8.68. The molecule has 3 aromatic heterocycles. The largest absolute Gasteiger partial charge is 0.468 e. The molecule has 2 N–H and O–H groups in total. The fourth-order valence-corrected chi connectivity index (χ4v) is 2.83. The molecule has 8 nitrogen and oxygen atoms in total. The number of carbonyl (C=O) groups is 1. The Kier molecular flexibility index (Phi) is 5.56. The van der Waals surface area contributed by atoms with Crippen LogP contribution in [0.2, 0.25) is 0 Å². The van der Waals surface area contributed by atoms with Crippen LogP contribution in [0.15, 0.2) is 47.2 Å². The van der Waals surface area contributed by atoms with Crippen LogP contribution < -0.4 is 10.6 Å². The first-order chi connectivity index (χ1) is 12.9. The smallest absolute Gasteiger partial charge is 0.319 e. The van der Waals surface area contributed by atoms with Gasteiger partial charge >= 0.3 is 6.03 Å². The molecule has 3 rings (SSSR count). The molecule has 2 amide bonds. The summed E-state index contributed by atoms with van der Waals surface area (Å²) in [6, 6.07) is 9.00. The summed E-state index contributed by atoms with van der Waals surface area (Å²) in [6.45, 7) is 4.33. The van der Waals surface area contributed by atoms with Gasteiger partial charge in [0, 0.05) is 12.2 Å². The number of urea groups is 1. The van der Waals surface area contributed by atoms with E-state index >= 15 is 0 Å². The second-order valence-electron chi connectivity index (χ2n) is 6.57. The Morgan fingerprint density at radius 1 is 1.30 bits per heavy atom. The molecule has 0 spiro atoms. The lowest BCUT2D eigenvalue weighted by Crippen LogP contribution is -2.36. The number of rotatable bonds is 6. The van der Waals surface area contributed by atoms with E-state index in [1.165, 1.54) is 0 Å². The number of aromatic nitrogens is 3. The second-order valence-corrected chi connectivity index (χ2v) is 6.57. The summed E-state index contributed by atoms with van der Waals surface area (Å²) in [5.41, 5.74) is 2.55. The minimum atomic E-state index is -0.297. The Balaban J connectivity index is 1.58. The highest BCUT2D eigenvalue weighted by Gasteiger charge is 2.17. The average Bonchev–Trinajstić information content (AvgIpc) is 3.25. The van der Waals surface area contributed by atoms with Gasteiger partial charge in [-0.15, -0.1) is 0 Å². The van der Waals surface area contributed by atoms with Crippen LogP contribution in [0.3, 0.4) is 0 Å². The van der Waals surface area contributed by atoms with Gasteiger partial charge in [0.25, 0.3) is 0 Å². The van der Waals surface area contributed by atoms with Gasteiger partial charge in [-0.3, -0.25) is 4.90 Å². The van der Waals surface area contributed by atoms with Gasteiger partial charge in [-0.25, -0.2) is 14.5 Å². The summed E-state index contributed by atoms with van der Waals surface area (Å²) in [5, 5.41) is 10.1. The lowest BCUT2D eigenvalue weighted by atomic mass is 10.2. The van der Waals surface area contributed by atoms with Gasteiger partial charge < -0.3 is 15.1 Å². The lowest BCUT2D eigenvalue weighted by Gasteiger charge is -2.22. The van der Waals surface area contributed by atoms with E-state index in [-0.39, 0.29) is 12.1 Å². The number of anilines is 1. The fraction of sp³-hybridized carbons (Fsp3) is 0.316. The number of hydrogen-bond donors (Lipinski definition) is 2. The number of amides is 2. The monoisotopic (exact) mass is 368 g/mol. The molecule has 0 aliphatic rings. The SMILES string of the molecule is Cc1cc(C)n(-c2ccc(NC(=O)NC[C@@H](c3ccco3)N(C)C)cn2)n1. The van der Waals surface area contributed by atoms with E-state index in [0.29, 0.717) is 18.1 Å². The van der Waals surface area contributed by atoms with E-state index in [1.54, 1.807) is 23.2 Å². The molecule has 142 valence electrons. The summed E-state index contributed by atoms with van der Waals surface area (Å²) in [7, 11) is 3.88. The van der Waals surface area contributed by atoms with Crippen molar-refractivity contribution >= 4 is 11.7 Å². The Morgan fingerprint density at radius 3 is 2.67 bits per heavy atom. The van der Waals surface area contributed by atoms with Crippen LogP contribution in [0.5, 0.6) is 0 Å². The number of likely N-dealkylation sites (N-methyl/N-ethyl adjacent to an activating group) is 1. The van der Waals surface area contributed by atoms with E-state index in [9.17, 15) is 4.79 Å². The predicted molar refractivity (Wildman–Crippen MR) is 103 cm³/mol. The fourth-order valence-electron chi connectivity index (χ4n) is 2.83. The molecule has 8 heteroatoms. The molecule has 0 aliphatic carbocycles. The Bertz CT molecular complexity index is 884. The maximum absolute atomic E-state index is 12.2. The highest BCUT2D eigenvalue weighted by molar-refractivity contribution is 5.89. The normalized spacial score (nSPS) is 12.2. The van der Waals surface area contributed by atoms with Gasteiger partial charge in [-0.1, -0.05) is 0 Å². The van der Waals surface area contributed by atoms with Gasteiger partial charge in [0.1, 0.15) is 5.76 Å². The number of aryl methyl sites for hydroxylation is 2. The summed E-state index contributed by atoms with van der Waals surface area (Å²) >= 11 is 0. The van der Waals surface area contributed by atoms with Crippen LogP contribution >= 0.6 is 0 Å². The molecule has 0 fully saturated rings. The molecular weight excluding hydrogens is 344 g/mol. The first-order valence-corrected chi connectivity index (χ1v) is 8.68. The Hall–Kier alpha value is -3.13. The zero-order valence-corrected chi connectivity index (χ0v) is 15.9. The highest BCUT2D eigenvalue weighted by atomic mass is 16.3. The zero-order valence-electron chi connectivity index (χ0n) is 15.9. The third kappa shape index (κ3) is 4.53. The predicted octanol–water partition coefficient (Wildman–Crippen LogP) is 2.90. The van der Waals surface area contributed by atoms with Crippen molar-refractivity contribution in [3.63, 3.8) is 0 Å². The molecular formula is C19H24N6O2. The van der Waals surface area contributed by atoms with Gasteiger partial charge in [0.05, 0.1) is 29.9 Å². The van der Waals surface area contributed by atoms with Crippen LogP contribution in [0, 0.1) is 13.8 Å². The third-order valence-corrected chi connectivity index (χ3v) is 4.18. The molecule has 3 aromatic rings. The molecule has 0 saturated carbocycles. The third-order valence-electron chi connectivity index (χ3n) is 4.18. The van der Waals surface area contributed by atoms with Gasteiger partial charge in [-0.05, 0) is 58.3 Å². The molecule has 0 aromatic carbocycles. The van der Waals surface area contributed by atoms with Gasteiger partial charge in [0.15, 0.2) is 5.82 Å². The maximum Gasteiger partial charge on any atom is 0.319 e. The van der Waals surface area contributed by atoms with Crippen molar-refractivity contribution in [1.29, 1.82) is 0 Å². The van der Waals surface area contributed by atoms with E-state index < -0.39 is 0 Å². The minimum absolute atomic E-state index is 0.0442.